The lowest BCUT2D eigenvalue weighted by Gasteiger charge is -2.39. The number of aliphatic hydroxyl groups is 1. The zero-order chi connectivity index (χ0) is 49.6. The van der Waals surface area contributed by atoms with E-state index in [-0.39, 0.29) is 109 Å². The largest absolute Gasteiger partial charge is 0.507 e. The third kappa shape index (κ3) is 9.74. The molecule has 2 aromatic rings. The quantitative estimate of drug-likeness (QED) is 0.0818. The number of ketones is 1. The van der Waals surface area contributed by atoms with E-state index in [0.717, 1.165) is 0 Å². The minimum Gasteiger partial charge on any atom is -0.507 e. The van der Waals surface area contributed by atoms with Crippen molar-refractivity contribution < 1.29 is 57.8 Å². The number of aliphatic hydroxyl groups excluding tert-OH is 1. The number of carbonyl (C=O) groups is 3. The van der Waals surface area contributed by atoms with Gasteiger partial charge in [-0.2, -0.15) is 0 Å². The smallest absolute Gasteiger partial charge is 0.312 e. The summed E-state index contributed by atoms with van der Waals surface area (Å²) in [4.78, 5) is 63.0. The minimum atomic E-state index is -2.06. The molecule has 67 heavy (non-hydrogen) atoms. The van der Waals surface area contributed by atoms with Crippen LogP contribution in [0.1, 0.15) is 92.1 Å². The topological polar surface area (TPSA) is 216 Å². The molecule has 2 aromatic carbocycles. The summed E-state index contributed by atoms with van der Waals surface area (Å²) < 4.78 is 36.6. The fourth-order valence-corrected chi connectivity index (χ4v) is 8.80. The van der Waals surface area contributed by atoms with E-state index in [0.29, 0.717) is 6.54 Å². The molecule has 3 heterocycles. The number of fused-ring (bicyclic) bond motifs is 2. The van der Waals surface area contributed by atoms with Gasteiger partial charge >= 0.3 is 11.8 Å². The summed E-state index contributed by atoms with van der Waals surface area (Å²) in [6.45, 7) is 22.3. The number of aromatic nitrogens is 1. The number of phenols is 2. The van der Waals surface area contributed by atoms with Crippen LogP contribution in [-0.4, -0.2) is 99.8 Å². The van der Waals surface area contributed by atoms with Crippen LogP contribution in [0.5, 0.6) is 23.0 Å². The molecular weight excluding hydrogens is 863 g/mol. The minimum absolute atomic E-state index is 0.0125. The Morgan fingerprint density at radius 1 is 0.985 bits per heavy atom. The summed E-state index contributed by atoms with van der Waals surface area (Å²) in [5.41, 5.74) is -1.58. The van der Waals surface area contributed by atoms with E-state index < -0.39 is 58.9 Å². The van der Waals surface area contributed by atoms with Crippen molar-refractivity contribution in [1.82, 2.24) is 9.88 Å². The molecular formula is C51H65N3O13. The van der Waals surface area contributed by atoms with E-state index in [4.69, 9.17) is 33.1 Å². The van der Waals surface area contributed by atoms with Gasteiger partial charge in [-0.05, 0) is 65.5 Å². The third-order valence-corrected chi connectivity index (χ3v) is 13.8. The number of Topliss-reactive ketones (excluding diaryl/α,β-unsaturated/α-hetero) is 1. The first kappa shape index (κ1) is 50.4. The van der Waals surface area contributed by atoms with Crippen LogP contribution < -0.4 is 20.2 Å². The zero-order valence-corrected chi connectivity index (χ0v) is 40.9. The van der Waals surface area contributed by atoms with Crippen LogP contribution in [0.2, 0.25) is 0 Å². The molecule has 0 spiro atoms. The van der Waals surface area contributed by atoms with E-state index in [9.17, 15) is 34.5 Å². The highest BCUT2D eigenvalue weighted by atomic mass is 16.7. The number of allylic oxidation sites excluding steroid dienone is 2. The van der Waals surface area contributed by atoms with Gasteiger partial charge in [0.05, 0.1) is 29.4 Å². The average molecular weight is 928 g/mol. The van der Waals surface area contributed by atoms with Gasteiger partial charge in [0.15, 0.2) is 11.3 Å². The van der Waals surface area contributed by atoms with E-state index in [1.807, 2.05) is 41.7 Å². The Labute approximate surface area is 390 Å². The molecule has 6 rings (SSSR count). The highest BCUT2D eigenvalue weighted by Crippen LogP contribution is 2.51. The number of amides is 1. The number of carbonyl (C=O) groups excluding carboxylic acids is 3. The Bertz CT molecular complexity index is 2700. The maximum Gasteiger partial charge on any atom is 0.312 e. The van der Waals surface area contributed by atoms with Crippen molar-refractivity contribution >= 4 is 45.2 Å². The first-order chi connectivity index (χ1) is 31.3. The number of aromatic hydroxyl groups is 2. The first-order valence-electron chi connectivity index (χ1n) is 22.6. The van der Waals surface area contributed by atoms with Crippen molar-refractivity contribution in [3.8, 4) is 34.5 Å². The molecule has 9 atom stereocenters. The molecule has 4 aliphatic rings. The summed E-state index contributed by atoms with van der Waals surface area (Å²) in [6.07, 6.45) is 5.55. The predicted octanol–water partition coefficient (Wildman–Crippen LogP) is 8.04. The molecule has 1 aliphatic carbocycles. The highest BCUT2D eigenvalue weighted by Gasteiger charge is 2.50. The average Bonchev–Trinajstić information content (AvgIpc) is 3.53. The van der Waals surface area contributed by atoms with Gasteiger partial charge < -0.3 is 48.7 Å². The Balaban J connectivity index is 1.57. The van der Waals surface area contributed by atoms with Crippen molar-refractivity contribution in [2.45, 2.75) is 113 Å². The Morgan fingerprint density at radius 2 is 1.67 bits per heavy atom. The van der Waals surface area contributed by atoms with E-state index >= 15 is 0 Å². The van der Waals surface area contributed by atoms with Crippen LogP contribution in [0, 0.1) is 36.5 Å². The molecule has 0 fully saturated rings. The number of hydrogen-bond donors (Lipinski definition) is 4. The number of hydrogen-bond acceptors (Lipinski definition) is 15. The lowest BCUT2D eigenvalue weighted by atomic mass is 9.73. The van der Waals surface area contributed by atoms with E-state index in [2.05, 4.69) is 31.0 Å². The summed E-state index contributed by atoms with van der Waals surface area (Å²) in [7, 11) is 3.46. The van der Waals surface area contributed by atoms with Crippen LogP contribution in [0.3, 0.4) is 0 Å². The predicted molar refractivity (Wildman–Crippen MR) is 254 cm³/mol. The zero-order valence-electron chi connectivity index (χ0n) is 40.9. The van der Waals surface area contributed by atoms with Crippen LogP contribution in [0.25, 0.3) is 33.3 Å². The molecule has 16 heteroatoms. The second-order valence-electron chi connectivity index (χ2n) is 19.3. The molecule has 362 valence electrons. The summed E-state index contributed by atoms with van der Waals surface area (Å²) in [6, 6.07) is 2.86. The lowest BCUT2D eigenvalue weighted by molar-refractivity contribution is -0.157. The van der Waals surface area contributed by atoms with Crippen molar-refractivity contribution in [3.05, 3.63) is 69.6 Å². The third-order valence-electron chi connectivity index (χ3n) is 13.8. The number of phenolic OH excluding ortho intramolecular Hbond substituents is 2. The van der Waals surface area contributed by atoms with Gasteiger partial charge in [-0.1, -0.05) is 52.8 Å². The standard InChI is InChI=1S/C51H65N3O13/c1-24-16-15-17-25(2)49(61)53-41-44(59)37-36(40-47(41)66-35-23-32(22-33(56)39(35)52-40)63-21-19-54(13)50(9,10)11)38-46(30(7)43(37)58)67-51(12,48(38)60)64-20-18-34(62-14)29(6)45(65-31(8)55)28(5)26(3)27(4)42(24)57/h15-18,20,22-24,26-29,34,42,45,56-58H,19,21H2,1-14H3,(H,53,61)/b16-15+,20-18+,25-17-/t24-,26+,27-,28+,29+,34-,42-,45-,51-/m0/s1. The number of ether oxygens (including phenoxy) is 5. The molecule has 3 aliphatic heterocycles. The molecule has 16 nitrogen and oxygen atoms in total. The number of anilines is 1. The van der Waals surface area contributed by atoms with Crippen LogP contribution in [-0.2, 0) is 23.8 Å². The van der Waals surface area contributed by atoms with Crippen molar-refractivity contribution in [2.75, 3.05) is 32.6 Å². The number of rotatable bonds is 6. The Kier molecular flexibility index (Phi) is 14.6. The van der Waals surface area contributed by atoms with Gasteiger partial charge in [0.1, 0.15) is 52.6 Å². The van der Waals surface area contributed by atoms with Gasteiger partial charge in [0.25, 0.3) is 11.7 Å². The van der Waals surface area contributed by atoms with Crippen molar-refractivity contribution in [1.29, 1.82) is 0 Å². The molecule has 4 N–H and O–H groups in total. The lowest BCUT2D eigenvalue weighted by Crippen LogP contribution is -2.43. The van der Waals surface area contributed by atoms with Crippen LogP contribution in [0.4, 0.5) is 5.69 Å². The monoisotopic (exact) mass is 927 g/mol. The van der Waals surface area contributed by atoms with E-state index in [1.54, 1.807) is 18.2 Å². The number of nitrogens with one attached hydrogen (secondary N) is 1. The molecule has 1 amide bonds. The van der Waals surface area contributed by atoms with E-state index in [1.165, 1.54) is 59.3 Å². The number of methoxy groups -OCH3 is 1. The number of esters is 1. The van der Waals surface area contributed by atoms with Gasteiger partial charge in [-0.25, -0.2) is 4.98 Å². The van der Waals surface area contributed by atoms with Crippen LogP contribution >= 0.6 is 0 Å². The van der Waals surface area contributed by atoms with Crippen molar-refractivity contribution in [3.63, 3.8) is 0 Å². The van der Waals surface area contributed by atoms with Gasteiger partial charge in [0, 0.05) is 73.5 Å². The molecule has 4 bridgehead atoms. The summed E-state index contributed by atoms with van der Waals surface area (Å²) >= 11 is 0. The Hall–Kier alpha value is -5.97. The van der Waals surface area contributed by atoms with Crippen molar-refractivity contribution in [2.24, 2.45) is 29.6 Å². The number of benzene rings is 3. The normalized spacial score (nSPS) is 28.3. The molecule has 0 radical (unpaired) electrons. The van der Waals surface area contributed by atoms with Gasteiger partial charge in [-0.3, -0.25) is 24.1 Å². The number of nitrogens with zero attached hydrogens (tertiary/aromatic N) is 2. The molecule has 0 saturated carbocycles. The first-order valence-corrected chi connectivity index (χ1v) is 22.6. The molecule has 0 saturated heterocycles. The highest BCUT2D eigenvalue weighted by molar-refractivity contribution is 6.22. The maximum absolute atomic E-state index is 14.8. The fourth-order valence-electron chi connectivity index (χ4n) is 8.80. The van der Waals surface area contributed by atoms with Gasteiger partial charge in [-0.15, -0.1) is 0 Å². The molecule has 0 aromatic heterocycles. The number of likely N-dealkylation sites (N-methyl/N-ethyl adjacent to an activating group) is 1. The second-order valence-corrected chi connectivity index (χ2v) is 19.3. The fraction of sp³-hybridized carbons (Fsp3) is 0.510. The van der Waals surface area contributed by atoms with Gasteiger partial charge in [0.2, 0.25) is 5.43 Å². The summed E-state index contributed by atoms with van der Waals surface area (Å²) in [5.74, 6) is -6.53. The SMILES string of the molecule is CO[C@H]1/C=C/O[C@@]2(C)Oc3c(C)c(O)c4c(=O)c(c5oc6cc(OCCN(C)C(C)(C)C)cc(O)c6nc-5c4c3C2=O)NC(=O)/C(C)=C\C=C\[C@H](C)[C@H](O)[C@@H](C)[C@@H](C)[C@@H](C)[C@H](OC(C)=O)[C@@H]1C. The second kappa shape index (κ2) is 19.3. The molecule has 0 unspecified atom stereocenters. The summed E-state index contributed by atoms with van der Waals surface area (Å²) in [5, 5.41) is 37.0. The Morgan fingerprint density at radius 3 is 2.31 bits per heavy atom. The van der Waals surface area contributed by atoms with Crippen LogP contribution in [0.15, 0.2) is 57.5 Å². The maximum atomic E-state index is 14.8.